The number of benzene rings is 1. The molecule has 1 amide bonds. The summed E-state index contributed by atoms with van der Waals surface area (Å²) in [5.74, 6) is 0.113. The predicted molar refractivity (Wildman–Crippen MR) is 92.9 cm³/mol. The van der Waals surface area contributed by atoms with Crippen molar-refractivity contribution in [2.24, 2.45) is 5.92 Å². The monoisotopic (exact) mass is 358 g/mol. The highest BCUT2D eigenvalue weighted by atomic mass is 19.1. The van der Waals surface area contributed by atoms with Gasteiger partial charge in [0.05, 0.1) is 18.8 Å². The molecule has 138 valence electrons. The first-order valence-corrected chi connectivity index (χ1v) is 9.28. The average molecular weight is 358 g/mol. The lowest BCUT2D eigenvalue weighted by Crippen LogP contribution is -2.32. The number of hydrogen-bond acceptors (Lipinski definition) is 4. The fourth-order valence-electron chi connectivity index (χ4n) is 3.78. The van der Waals surface area contributed by atoms with Gasteiger partial charge in [-0.25, -0.2) is 9.07 Å². The van der Waals surface area contributed by atoms with Gasteiger partial charge in [-0.2, -0.15) is 0 Å². The van der Waals surface area contributed by atoms with Gasteiger partial charge >= 0.3 is 0 Å². The second-order valence-electron chi connectivity index (χ2n) is 7.13. The van der Waals surface area contributed by atoms with Crippen molar-refractivity contribution in [3.8, 4) is 0 Å². The molecular formula is C19H23FN4O2. The number of hydrogen-bond donors (Lipinski definition) is 1. The number of aromatic nitrogens is 3. The minimum absolute atomic E-state index is 0.180. The van der Waals surface area contributed by atoms with Crippen LogP contribution >= 0.6 is 0 Å². The van der Waals surface area contributed by atoms with Crippen LogP contribution in [0.15, 0.2) is 24.3 Å². The number of rotatable bonds is 4. The van der Waals surface area contributed by atoms with Crippen LogP contribution in [0.4, 0.5) is 4.39 Å². The minimum Gasteiger partial charge on any atom is -0.365 e. The summed E-state index contributed by atoms with van der Waals surface area (Å²) < 4.78 is 20.7. The van der Waals surface area contributed by atoms with Crippen molar-refractivity contribution in [3.05, 3.63) is 47.0 Å². The van der Waals surface area contributed by atoms with Gasteiger partial charge in [0.2, 0.25) is 0 Å². The Hall–Kier alpha value is -2.28. The summed E-state index contributed by atoms with van der Waals surface area (Å²) in [7, 11) is 0. The Balaban J connectivity index is 1.40. The Labute approximate surface area is 151 Å². The second kappa shape index (κ2) is 7.53. The molecule has 1 atom stereocenters. The molecule has 1 aromatic heterocycles. The molecule has 26 heavy (non-hydrogen) atoms. The first-order chi connectivity index (χ1) is 12.7. The van der Waals surface area contributed by atoms with Crippen molar-refractivity contribution in [1.82, 2.24) is 20.3 Å². The minimum atomic E-state index is -0.275. The van der Waals surface area contributed by atoms with Crippen molar-refractivity contribution in [1.29, 1.82) is 0 Å². The molecule has 2 heterocycles. The molecule has 1 saturated carbocycles. The molecule has 1 aliphatic carbocycles. The molecule has 4 rings (SSSR count). The maximum absolute atomic E-state index is 13.1. The lowest BCUT2D eigenvalue weighted by atomic mass is 9.89. The summed E-state index contributed by atoms with van der Waals surface area (Å²) in [6, 6.07) is 6.25. The zero-order valence-electron chi connectivity index (χ0n) is 14.7. The summed E-state index contributed by atoms with van der Waals surface area (Å²) in [6.07, 6.45) is 5.95. The molecule has 0 spiro atoms. The fraction of sp³-hybridized carbons (Fsp3) is 0.526. The van der Waals surface area contributed by atoms with Crippen LogP contribution in [-0.4, -0.2) is 27.4 Å². The molecule has 0 bridgehead atoms. The zero-order valence-corrected chi connectivity index (χ0v) is 14.7. The van der Waals surface area contributed by atoms with Gasteiger partial charge in [-0.3, -0.25) is 4.79 Å². The third-order valence-corrected chi connectivity index (χ3v) is 5.33. The van der Waals surface area contributed by atoms with Gasteiger partial charge in [-0.15, -0.1) is 5.10 Å². The van der Waals surface area contributed by atoms with Crippen LogP contribution in [0.2, 0.25) is 0 Å². The molecule has 1 unspecified atom stereocenters. The first-order valence-electron chi connectivity index (χ1n) is 9.28. The molecule has 2 aromatic rings. The van der Waals surface area contributed by atoms with E-state index in [0.717, 1.165) is 5.56 Å². The number of carbonyl (C=O) groups is 1. The molecule has 6 nitrogen and oxygen atoms in total. The third-order valence-electron chi connectivity index (χ3n) is 5.33. The summed E-state index contributed by atoms with van der Waals surface area (Å²) in [5.41, 5.74) is 1.93. The lowest BCUT2D eigenvalue weighted by molar-refractivity contribution is -0.00180. The number of nitrogens with one attached hydrogen (secondary N) is 1. The highest BCUT2D eigenvalue weighted by molar-refractivity contribution is 5.93. The number of carbonyl (C=O) groups excluding carboxylic acids is 1. The standard InChI is InChI=1S/C19H23FN4O2/c20-15-8-6-14(7-9-15)17-11-24-16(12-26-17)18(22-23-24)19(25)21-10-13-4-2-1-3-5-13/h6-9,13,17H,1-5,10-12H2,(H,21,25). The van der Waals surface area contributed by atoms with E-state index in [4.69, 9.17) is 4.74 Å². The maximum Gasteiger partial charge on any atom is 0.273 e. The number of halogens is 1. The molecule has 0 radical (unpaired) electrons. The lowest BCUT2D eigenvalue weighted by Gasteiger charge is -2.24. The van der Waals surface area contributed by atoms with Gasteiger partial charge in [0.25, 0.3) is 5.91 Å². The van der Waals surface area contributed by atoms with Crippen LogP contribution in [0.5, 0.6) is 0 Å². The Morgan fingerprint density at radius 1 is 1.23 bits per heavy atom. The van der Waals surface area contributed by atoms with Crippen molar-refractivity contribution in [2.45, 2.75) is 51.4 Å². The van der Waals surface area contributed by atoms with Crippen molar-refractivity contribution < 1.29 is 13.9 Å². The molecule has 7 heteroatoms. The molecule has 1 aliphatic heterocycles. The Bertz CT molecular complexity index is 768. The predicted octanol–water partition coefficient (Wildman–Crippen LogP) is 3.00. The van der Waals surface area contributed by atoms with Crippen molar-refractivity contribution >= 4 is 5.91 Å². The molecule has 0 saturated heterocycles. The van der Waals surface area contributed by atoms with Gasteiger partial charge < -0.3 is 10.1 Å². The third kappa shape index (κ3) is 3.62. The smallest absolute Gasteiger partial charge is 0.273 e. The van der Waals surface area contributed by atoms with Crippen LogP contribution in [0.3, 0.4) is 0 Å². The molecule has 2 aliphatic rings. The zero-order chi connectivity index (χ0) is 17.9. The number of amides is 1. The van der Waals surface area contributed by atoms with Crippen molar-refractivity contribution in [3.63, 3.8) is 0 Å². The molecule has 1 N–H and O–H groups in total. The normalized spacial score (nSPS) is 20.6. The van der Waals surface area contributed by atoms with Crippen LogP contribution in [-0.2, 0) is 17.9 Å². The molecule has 1 aromatic carbocycles. The average Bonchev–Trinajstić information content (AvgIpc) is 3.11. The van der Waals surface area contributed by atoms with Crippen molar-refractivity contribution in [2.75, 3.05) is 6.54 Å². The SMILES string of the molecule is O=C(NCC1CCCCC1)c1nnn2c1COC(c1ccc(F)cc1)C2. The highest BCUT2D eigenvalue weighted by Crippen LogP contribution is 2.27. The van der Waals surface area contributed by atoms with Crippen LogP contribution in [0.25, 0.3) is 0 Å². The quantitative estimate of drug-likeness (QED) is 0.912. The first kappa shape index (κ1) is 17.1. The summed E-state index contributed by atoms with van der Waals surface area (Å²) >= 11 is 0. The van der Waals surface area contributed by atoms with Crippen LogP contribution in [0.1, 0.15) is 60.0 Å². The Kier molecular flexibility index (Phi) is 4.97. The van der Waals surface area contributed by atoms with E-state index in [-0.39, 0.29) is 24.4 Å². The Morgan fingerprint density at radius 2 is 2.00 bits per heavy atom. The second-order valence-corrected chi connectivity index (χ2v) is 7.13. The molecule has 1 fully saturated rings. The van der Waals surface area contributed by atoms with E-state index in [1.807, 2.05) is 0 Å². The van der Waals surface area contributed by atoms with E-state index in [1.54, 1.807) is 16.8 Å². The number of nitrogens with zero attached hydrogens (tertiary/aromatic N) is 3. The summed E-state index contributed by atoms with van der Waals surface area (Å²) in [4.78, 5) is 12.5. The summed E-state index contributed by atoms with van der Waals surface area (Å²) in [5, 5.41) is 11.2. The number of ether oxygens (including phenoxy) is 1. The number of fused-ring (bicyclic) bond motifs is 1. The van der Waals surface area contributed by atoms with E-state index >= 15 is 0 Å². The topological polar surface area (TPSA) is 69.0 Å². The van der Waals surface area contributed by atoms with E-state index in [1.165, 1.54) is 44.2 Å². The van der Waals surface area contributed by atoms with Gasteiger partial charge in [0.1, 0.15) is 11.9 Å². The van der Waals surface area contributed by atoms with Gasteiger partial charge in [-0.05, 0) is 36.5 Å². The van der Waals surface area contributed by atoms with E-state index < -0.39 is 0 Å². The molecular weight excluding hydrogens is 335 g/mol. The van der Waals surface area contributed by atoms with Gasteiger partial charge in [-0.1, -0.05) is 36.6 Å². The van der Waals surface area contributed by atoms with Gasteiger partial charge in [0, 0.05) is 6.54 Å². The largest absolute Gasteiger partial charge is 0.365 e. The van der Waals surface area contributed by atoms with Crippen LogP contribution < -0.4 is 5.32 Å². The Morgan fingerprint density at radius 3 is 2.77 bits per heavy atom. The van der Waals surface area contributed by atoms with E-state index in [2.05, 4.69) is 15.6 Å². The highest BCUT2D eigenvalue weighted by Gasteiger charge is 2.28. The summed E-state index contributed by atoms with van der Waals surface area (Å²) in [6.45, 7) is 1.43. The van der Waals surface area contributed by atoms with E-state index in [9.17, 15) is 9.18 Å². The van der Waals surface area contributed by atoms with Gasteiger partial charge in [0.15, 0.2) is 5.69 Å². The fourth-order valence-corrected chi connectivity index (χ4v) is 3.78. The van der Waals surface area contributed by atoms with E-state index in [0.29, 0.717) is 30.4 Å². The van der Waals surface area contributed by atoms with Crippen LogP contribution in [0, 0.1) is 11.7 Å². The maximum atomic E-state index is 13.1.